The first kappa shape index (κ1) is 29.7. The highest BCUT2D eigenvalue weighted by atomic mass is 16.7. The van der Waals surface area contributed by atoms with Gasteiger partial charge in [0, 0.05) is 42.9 Å². The molecule has 2 amide bonds. The number of pyridine rings is 2. The molecule has 0 spiro atoms. The average molecular weight is 554 g/mol. The molecule has 0 fully saturated rings. The van der Waals surface area contributed by atoms with E-state index in [2.05, 4.69) is 15.3 Å². The van der Waals surface area contributed by atoms with Crippen LogP contribution in [0.15, 0.2) is 48.8 Å². The number of nitrogens with one attached hydrogen (secondary N) is 1. The van der Waals surface area contributed by atoms with E-state index in [0.29, 0.717) is 5.56 Å². The summed E-state index contributed by atoms with van der Waals surface area (Å²) in [5, 5.41) is 14.2. The van der Waals surface area contributed by atoms with Gasteiger partial charge in [-0.25, -0.2) is 9.78 Å². The molecule has 0 radical (unpaired) electrons. The monoisotopic (exact) mass is 553 g/mol. The molecule has 3 rings (SSSR count). The number of benzene rings is 1. The molecule has 0 bridgehead atoms. The number of likely N-dealkylation sites (N-methyl/N-ethyl adjacent to an activating group) is 1. The van der Waals surface area contributed by atoms with E-state index in [1.807, 2.05) is 0 Å². The van der Waals surface area contributed by atoms with E-state index in [4.69, 9.17) is 14.2 Å². The molecule has 0 saturated carbocycles. The van der Waals surface area contributed by atoms with Crippen molar-refractivity contribution in [3.05, 3.63) is 64.5 Å². The van der Waals surface area contributed by atoms with Crippen LogP contribution in [0.25, 0.3) is 10.9 Å². The quantitative estimate of drug-likeness (QED) is 0.164. The minimum atomic E-state index is -1.05. The molecule has 1 atom stereocenters. The Hall–Kier alpha value is -4.81. The smallest absolute Gasteiger partial charge is 0.415 e. The lowest BCUT2D eigenvalue weighted by Crippen LogP contribution is -2.40. The molecule has 2 aromatic heterocycles. The van der Waals surface area contributed by atoms with E-state index < -0.39 is 28.7 Å². The van der Waals surface area contributed by atoms with E-state index in [1.54, 1.807) is 52.0 Å². The van der Waals surface area contributed by atoms with Crippen molar-refractivity contribution >= 4 is 40.4 Å². The van der Waals surface area contributed by atoms with Gasteiger partial charge in [0.2, 0.25) is 12.2 Å². The second-order valence-electron chi connectivity index (χ2n) is 9.81. The lowest BCUT2D eigenvalue weighted by molar-refractivity contribution is -0.383. The zero-order valence-electron chi connectivity index (χ0n) is 22.9. The van der Waals surface area contributed by atoms with Crippen LogP contribution >= 0.6 is 0 Å². The maximum absolute atomic E-state index is 12.7. The lowest BCUT2D eigenvalue weighted by Gasteiger charge is -2.25. The fraction of sp³-hybridized carbons (Fsp3) is 0.370. The van der Waals surface area contributed by atoms with Crippen molar-refractivity contribution in [2.75, 3.05) is 18.9 Å². The van der Waals surface area contributed by atoms with E-state index in [-0.39, 0.29) is 53.6 Å². The summed E-state index contributed by atoms with van der Waals surface area (Å²) in [5.41, 5.74) is -0.115. The van der Waals surface area contributed by atoms with Gasteiger partial charge in [0.1, 0.15) is 24.5 Å². The molecule has 40 heavy (non-hydrogen) atoms. The Balaban J connectivity index is 1.63. The van der Waals surface area contributed by atoms with Crippen LogP contribution in [0.3, 0.4) is 0 Å². The minimum Gasteiger partial charge on any atom is -0.459 e. The molecular weight excluding hydrogens is 522 g/mol. The number of aromatic nitrogens is 2. The van der Waals surface area contributed by atoms with Gasteiger partial charge >= 0.3 is 12.1 Å². The Morgan fingerprint density at radius 2 is 1.80 bits per heavy atom. The van der Waals surface area contributed by atoms with Crippen LogP contribution in [-0.4, -0.2) is 57.6 Å². The standard InChI is InChI=1S/C27H31N5O8/c1-6-22(39-20-12-11-19(32(36)37)18-10-8-13-28-23(18)20)40-26(35)30-24-17(9-7-14-29-24)16-38-21(33)15-31(5)25(34)27(2,3)4/h7-14,22H,6,15-16H2,1-5H3,(H,29,30,35). The van der Waals surface area contributed by atoms with Gasteiger partial charge in [-0.05, 0) is 24.3 Å². The molecule has 0 aliphatic heterocycles. The number of nitro benzene ring substituents is 1. The molecule has 0 saturated heterocycles. The Morgan fingerprint density at radius 1 is 1.10 bits per heavy atom. The molecule has 1 unspecified atom stereocenters. The van der Waals surface area contributed by atoms with Gasteiger partial charge in [0.15, 0.2) is 5.75 Å². The third-order valence-electron chi connectivity index (χ3n) is 5.59. The molecule has 3 aromatic rings. The lowest BCUT2D eigenvalue weighted by atomic mass is 9.95. The van der Waals surface area contributed by atoms with Crippen LogP contribution in [-0.2, 0) is 25.7 Å². The number of hydrogen-bond acceptors (Lipinski definition) is 10. The van der Waals surface area contributed by atoms with E-state index in [1.165, 1.54) is 36.5 Å². The molecule has 212 valence electrons. The summed E-state index contributed by atoms with van der Waals surface area (Å²) < 4.78 is 16.5. The van der Waals surface area contributed by atoms with Crippen molar-refractivity contribution in [3.8, 4) is 5.75 Å². The number of carbonyl (C=O) groups excluding carboxylic acids is 3. The second kappa shape index (κ2) is 12.8. The number of amides is 2. The summed E-state index contributed by atoms with van der Waals surface area (Å²) in [4.78, 5) is 57.7. The molecule has 13 heteroatoms. The van der Waals surface area contributed by atoms with Gasteiger partial charge in [0.25, 0.3) is 5.69 Å². The maximum atomic E-state index is 12.7. The molecule has 1 aromatic carbocycles. The number of hydrogen-bond donors (Lipinski definition) is 1. The second-order valence-corrected chi connectivity index (χ2v) is 9.81. The normalized spacial score (nSPS) is 11.8. The van der Waals surface area contributed by atoms with Crippen LogP contribution in [0.5, 0.6) is 5.75 Å². The molecule has 0 aliphatic rings. The summed E-state index contributed by atoms with van der Waals surface area (Å²) in [7, 11) is 1.52. The number of fused-ring (bicyclic) bond motifs is 1. The first-order chi connectivity index (χ1) is 18.9. The first-order valence-electron chi connectivity index (χ1n) is 12.4. The molecular formula is C27H31N5O8. The highest BCUT2D eigenvalue weighted by Crippen LogP contribution is 2.32. The van der Waals surface area contributed by atoms with Crippen LogP contribution in [0.1, 0.15) is 39.7 Å². The van der Waals surface area contributed by atoms with E-state index in [9.17, 15) is 24.5 Å². The Bertz CT molecular complexity index is 1410. The number of non-ortho nitro benzene ring substituents is 1. The molecule has 2 heterocycles. The van der Waals surface area contributed by atoms with Crippen LogP contribution in [0.4, 0.5) is 16.3 Å². The largest absolute Gasteiger partial charge is 0.459 e. The Morgan fingerprint density at radius 3 is 2.48 bits per heavy atom. The highest BCUT2D eigenvalue weighted by molar-refractivity contribution is 5.92. The van der Waals surface area contributed by atoms with Crippen molar-refractivity contribution in [1.29, 1.82) is 0 Å². The SMILES string of the molecule is CCC(OC(=O)Nc1ncccc1COC(=O)CN(C)C(=O)C(C)(C)C)Oc1ccc([N+](=O)[O-])c2cccnc12. The predicted octanol–water partition coefficient (Wildman–Crippen LogP) is 4.45. The van der Waals surface area contributed by atoms with E-state index in [0.717, 1.165) is 0 Å². The predicted molar refractivity (Wildman–Crippen MR) is 144 cm³/mol. The summed E-state index contributed by atoms with van der Waals surface area (Å²) in [6, 6.07) is 9.05. The third kappa shape index (κ3) is 7.62. The number of ether oxygens (including phenoxy) is 3. The van der Waals surface area contributed by atoms with E-state index >= 15 is 0 Å². The van der Waals surface area contributed by atoms with Crippen molar-refractivity contribution < 1.29 is 33.5 Å². The number of anilines is 1. The van der Waals surface area contributed by atoms with Gasteiger partial charge in [-0.3, -0.25) is 30.0 Å². The number of rotatable bonds is 10. The number of nitro groups is 1. The summed E-state index contributed by atoms with van der Waals surface area (Å²) in [6.07, 6.45) is 1.25. The fourth-order valence-electron chi connectivity index (χ4n) is 3.67. The fourth-order valence-corrected chi connectivity index (χ4v) is 3.67. The molecule has 1 N–H and O–H groups in total. The van der Waals surface area contributed by atoms with Gasteiger partial charge in [-0.2, -0.15) is 0 Å². The van der Waals surface area contributed by atoms with Crippen molar-refractivity contribution in [1.82, 2.24) is 14.9 Å². The Labute approximate surface area is 230 Å². The first-order valence-corrected chi connectivity index (χ1v) is 12.4. The number of carbonyl (C=O) groups is 3. The summed E-state index contributed by atoms with van der Waals surface area (Å²) in [5.74, 6) is -0.514. The zero-order chi connectivity index (χ0) is 29.4. The van der Waals surface area contributed by atoms with Gasteiger partial charge in [-0.15, -0.1) is 0 Å². The zero-order valence-corrected chi connectivity index (χ0v) is 22.9. The maximum Gasteiger partial charge on any atom is 0.415 e. The van der Waals surface area contributed by atoms with Crippen LogP contribution < -0.4 is 10.1 Å². The van der Waals surface area contributed by atoms with Crippen molar-refractivity contribution in [3.63, 3.8) is 0 Å². The van der Waals surface area contributed by atoms with Crippen molar-refractivity contribution in [2.24, 2.45) is 5.41 Å². The van der Waals surface area contributed by atoms with Crippen LogP contribution in [0, 0.1) is 15.5 Å². The third-order valence-corrected chi connectivity index (χ3v) is 5.59. The number of nitrogens with zero attached hydrogens (tertiary/aromatic N) is 4. The van der Waals surface area contributed by atoms with Crippen LogP contribution in [0.2, 0.25) is 0 Å². The highest BCUT2D eigenvalue weighted by Gasteiger charge is 2.26. The molecule has 0 aliphatic carbocycles. The molecule has 13 nitrogen and oxygen atoms in total. The average Bonchev–Trinajstić information content (AvgIpc) is 2.91. The van der Waals surface area contributed by atoms with Crippen molar-refractivity contribution in [2.45, 2.75) is 47.0 Å². The minimum absolute atomic E-state index is 0.108. The summed E-state index contributed by atoms with van der Waals surface area (Å²) >= 11 is 0. The van der Waals surface area contributed by atoms with Gasteiger partial charge in [-0.1, -0.05) is 33.8 Å². The van der Waals surface area contributed by atoms with Gasteiger partial charge < -0.3 is 19.1 Å². The van der Waals surface area contributed by atoms with Gasteiger partial charge in [0.05, 0.1) is 10.3 Å². The topological polar surface area (TPSA) is 163 Å². The summed E-state index contributed by atoms with van der Waals surface area (Å²) in [6.45, 7) is 6.55. The Kier molecular flexibility index (Phi) is 9.54. The number of esters is 1.